The molecule has 0 radical (unpaired) electrons. The average Bonchev–Trinajstić information content (AvgIpc) is 2.63. The minimum Gasteiger partial charge on any atom is -0.462 e. The second-order valence-corrected chi connectivity index (χ2v) is 5.34. The van der Waals surface area contributed by atoms with Gasteiger partial charge in [0, 0.05) is 23.3 Å². The number of amides is 2. The predicted molar refractivity (Wildman–Crippen MR) is 79.3 cm³/mol. The minimum absolute atomic E-state index is 0.173. The van der Waals surface area contributed by atoms with E-state index in [1.54, 1.807) is 20.8 Å². The van der Waals surface area contributed by atoms with Gasteiger partial charge in [-0.25, -0.2) is 4.79 Å². The van der Waals surface area contributed by atoms with Crippen LogP contribution in [0.4, 0.5) is 0 Å². The van der Waals surface area contributed by atoms with Crippen molar-refractivity contribution in [3.8, 4) is 0 Å². The van der Waals surface area contributed by atoms with Gasteiger partial charge in [0.25, 0.3) is 11.8 Å². The number of hydrogen-bond donors (Lipinski definition) is 0. The molecule has 0 aromatic rings. The van der Waals surface area contributed by atoms with Gasteiger partial charge in [0.2, 0.25) is 0 Å². The Kier molecular flexibility index (Phi) is 6.34. The van der Waals surface area contributed by atoms with Crippen molar-refractivity contribution in [1.82, 2.24) is 4.90 Å². The van der Waals surface area contributed by atoms with Crippen molar-refractivity contribution in [2.24, 2.45) is 0 Å². The van der Waals surface area contributed by atoms with Gasteiger partial charge in [-0.05, 0) is 40.0 Å². The third kappa shape index (κ3) is 4.55. The van der Waals surface area contributed by atoms with Crippen molar-refractivity contribution in [1.29, 1.82) is 0 Å². The van der Waals surface area contributed by atoms with Gasteiger partial charge in [-0.15, -0.1) is 0 Å². The van der Waals surface area contributed by atoms with E-state index in [2.05, 4.69) is 6.58 Å². The monoisotopic (exact) mass is 293 g/mol. The largest absolute Gasteiger partial charge is 0.462 e. The van der Waals surface area contributed by atoms with Gasteiger partial charge < -0.3 is 4.74 Å². The van der Waals surface area contributed by atoms with E-state index in [4.69, 9.17) is 4.74 Å². The Bertz CT molecular complexity index is 467. The van der Waals surface area contributed by atoms with Gasteiger partial charge in [-0.1, -0.05) is 13.0 Å². The van der Waals surface area contributed by atoms with Crippen LogP contribution < -0.4 is 0 Å². The summed E-state index contributed by atoms with van der Waals surface area (Å²) in [6.45, 7) is 9.33. The van der Waals surface area contributed by atoms with Gasteiger partial charge in [0.1, 0.15) is 0 Å². The van der Waals surface area contributed by atoms with E-state index in [9.17, 15) is 14.4 Å². The summed E-state index contributed by atoms with van der Waals surface area (Å²) in [6.07, 6.45) is 3.33. The molecule has 1 heterocycles. The smallest absolute Gasteiger partial charge is 0.333 e. The molecule has 116 valence electrons. The molecule has 0 bridgehead atoms. The number of carbonyl (C=O) groups excluding carboxylic acids is 3. The molecule has 21 heavy (non-hydrogen) atoms. The lowest BCUT2D eigenvalue weighted by Gasteiger charge is -2.14. The quantitative estimate of drug-likeness (QED) is 0.298. The zero-order chi connectivity index (χ0) is 16.0. The van der Waals surface area contributed by atoms with Crippen LogP contribution in [-0.2, 0) is 19.1 Å². The number of carbonyl (C=O) groups is 3. The van der Waals surface area contributed by atoms with E-state index in [0.717, 1.165) is 25.7 Å². The molecule has 0 aliphatic carbocycles. The van der Waals surface area contributed by atoms with Crippen LogP contribution in [0.25, 0.3) is 0 Å². The normalized spacial score (nSPS) is 14.9. The second-order valence-electron chi connectivity index (χ2n) is 5.34. The lowest BCUT2D eigenvalue weighted by atomic mass is 10.2. The number of imide groups is 1. The van der Waals surface area contributed by atoms with Gasteiger partial charge in [-0.3, -0.25) is 14.5 Å². The molecule has 5 heteroatoms. The van der Waals surface area contributed by atoms with Crippen LogP contribution in [0.5, 0.6) is 0 Å². The molecule has 0 atom stereocenters. The van der Waals surface area contributed by atoms with Crippen LogP contribution in [0.3, 0.4) is 0 Å². The Balaban J connectivity index is 2.13. The van der Waals surface area contributed by atoms with Crippen molar-refractivity contribution in [3.63, 3.8) is 0 Å². The van der Waals surface area contributed by atoms with Gasteiger partial charge in [0.15, 0.2) is 0 Å². The molecule has 0 spiro atoms. The first kappa shape index (κ1) is 17.1. The highest BCUT2D eigenvalue weighted by atomic mass is 16.5. The van der Waals surface area contributed by atoms with Crippen LogP contribution in [0.1, 0.15) is 46.5 Å². The van der Waals surface area contributed by atoms with Gasteiger partial charge >= 0.3 is 5.97 Å². The molecule has 1 rings (SSSR count). The fraction of sp³-hybridized carbons (Fsp3) is 0.562. The minimum atomic E-state index is -0.361. The molecule has 1 aliphatic rings. The molecule has 0 saturated heterocycles. The molecule has 0 unspecified atom stereocenters. The summed E-state index contributed by atoms with van der Waals surface area (Å²) in [5.74, 6) is -0.707. The number of rotatable bonds is 8. The molecule has 0 fully saturated rings. The van der Waals surface area contributed by atoms with Crippen LogP contribution in [0, 0.1) is 0 Å². The molecule has 1 aliphatic heterocycles. The van der Waals surface area contributed by atoms with Crippen molar-refractivity contribution in [2.75, 3.05) is 13.2 Å². The van der Waals surface area contributed by atoms with E-state index in [1.807, 2.05) is 0 Å². The van der Waals surface area contributed by atoms with Crippen molar-refractivity contribution >= 4 is 17.8 Å². The summed E-state index contributed by atoms with van der Waals surface area (Å²) in [5, 5.41) is 0. The first-order valence-electron chi connectivity index (χ1n) is 7.22. The SMILES string of the molecule is C=C(C)C(=O)OCCCCCCN1C(=O)C(C)=C(C)C1=O. The lowest BCUT2D eigenvalue weighted by Crippen LogP contribution is -2.32. The van der Waals surface area contributed by atoms with Crippen molar-refractivity contribution < 1.29 is 19.1 Å². The number of nitrogens with zero attached hydrogens (tertiary/aromatic N) is 1. The maximum absolute atomic E-state index is 11.8. The maximum atomic E-state index is 11.8. The van der Waals surface area contributed by atoms with E-state index < -0.39 is 0 Å². The molecular formula is C16H23NO4. The summed E-state index contributed by atoms with van der Waals surface area (Å²) in [7, 11) is 0. The van der Waals surface area contributed by atoms with E-state index in [0.29, 0.717) is 29.9 Å². The van der Waals surface area contributed by atoms with Crippen molar-refractivity contribution in [3.05, 3.63) is 23.3 Å². The zero-order valence-electron chi connectivity index (χ0n) is 13.0. The van der Waals surface area contributed by atoms with E-state index in [1.165, 1.54) is 4.90 Å². The summed E-state index contributed by atoms with van der Waals surface area (Å²) in [5.41, 5.74) is 1.50. The Morgan fingerprint density at radius 2 is 1.57 bits per heavy atom. The van der Waals surface area contributed by atoms with Crippen LogP contribution in [-0.4, -0.2) is 35.8 Å². The number of ether oxygens (including phenoxy) is 1. The number of unbranched alkanes of at least 4 members (excludes halogenated alkanes) is 3. The molecule has 0 N–H and O–H groups in total. The first-order chi connectivity index (χ1) is 9.86. The topological polar surface area (TPSA) is 63.7 Å². The fourth-order valence-electron chi connectivity index (χ4n) is 2.03. The van der Waals surface area contributed by atoms with Crippen molar-refractivity contribution in [2.45, 2.75) is 46.5 Å². The Morgan fingerprint density at radius 3 is 2.10 bits per heavy atom. The zero-order valence-corrected chi connectivity index (χ0v) is 13.0. The third-order valence-electron chi connectivity index (χ3n) is 3.55. The molecule has 0 saturated carbocycles. The number of esters is 1. The van der Waals surface area contributed by atoms with E-state index in [-0.39, 0.29) is 17.8 Å². The molecule has 0 aromatic carbocycles. The molecule has 2 amide bonds. The lowest BCUT2D eigenvalue weighted by molar-refractivity contribution is -0.139. The average molecular weight is 293 g/mol. The van der Waals surface area contributed by atoms with Crippen LogP contribution in [0.2, 0.25) is 0 Å². The Hall–Kier alpha value is -1.91. The third-order valence-corrected chi connectivity index (χ3v) is 3.55. The first-order valence-corrected chi connectivity index (χ1v) is 7.22. The van der Waals surface area contributed by atoms with Gasteiger partial charge in [-0.2, -0.15) is 0 Å². The summed E-state index contributed by atoms with van der Waals surface area (Å²) in [6, 6.07) is 0. The van der Waals surface area contributed by atoms with E-state index >= 15 is 0 Å². The summed E-state index contributed by atoms with van der Waals surface area (Å²) in [4.78, 5) is 36.1. The highest BCUT2D eigenvalue weighted by molar-refractivity contribution is 6.18. The molecular weight excluding hydrogens is 270 g/mol. The Morgan fingerprint density at radius 1 is 1.05 bits per heavy atom. The molecule has 0 aromatic heterocycles. The van der Waals surface area contributed by atoms with Crippen LogP contribution >= 0.6 is 0 Å². The second kappa shape index (κ2) is 7.76. The Labute approximate surface area is 125 Å². The summed E-state index contributed by atoms with van der Waals surface area (Å²) < 4.78 is 4.98. The highest BCUT2D eigenvalue weighted by Crippen LogP contribution is 2.20. The van der Waals surface area contributed by atoms with Crippen LogP contribution in [0.15, 0.2) is 23.3 Å². The number of hydrogen-bond acceptors (Lipinski definition) is 4. The highest BCUT2D eigenvalue weighted by Gasteiger charge is 2.32. The fourth-order valence-corrected chi connectivity index (χ4v) is 2.03. The summed E-state index contributed by atoms with van der Waals surface area (Å²) >= 11 is 0. The van der Waals surface area contributed by atoms with Gasteiger partial charge in [0.05, 0.1) is 6.61 Å². The molecule has 5 nitrogen and oxygen atoms in total. The standard InChI is InChI=1S/C16H23NO4/c1-11(2)16(20)21-10-8-6-5-7-9-17-14(18)12(3)13(4)15(17)19/h1,5-10H2,2-4H3. The predicted octanol–water partition coefficient (Wildman–Crippen LogP) is 2.37. The maximum Gasteiger partial charge on any atom is 0.333 e.